The second-order valence-electron chi connectivity index (χ2n) is 4.39. The number of nitrogens with zero attached hydrogens (tertiary/aromatic N) is 3. The zero-order valence-electron chi connectivity index (χ0n) is 9.56. The highest BCUT2D eigenvalue weighted by molar-refractivity contribution is 9.09. The SMILES string of the molecule is CC1CCN(C(=O)c2cnn(C)c2)C1CBr. The maximum absolute atomic E-state index is 12.2. The molecule has 1 aliphatic heterocycles. The Morgan fingerprint density at radius 3 is 3.00 bits per heavy atom. The molecule has 5 heteroatoms. The van der Waals surface area contributed by atoms with E-state index in [-0.39, 0.29) is 5.91 Å². The smallest absolute Gasteiger partial charge is 0.257 e. The van der Waals surface area contributed by atoms with Crippen LogP contribution in [0.5, 0.6) is 0 Å². The van der Waals surface area contributed by atoms with Gasteiger partial charge in [0.1, 0.15) is 0 Å². The molecule has 2 heterocycles. The number of carbonyl (C=O) groups is 1. The standard InChI is InChI=1S/C11H16BrN3O/c1-8-3-4-15(10(8)5-12)11(16)9-6-13-14(2)7-9/h6-8,10H,3-5H2,1-2H3. The number of likely N-dealkylation sites (tertiary alicyclic amines) is 1. The van der Waals surface area contributed by atoms with Gasteiger partial charge in [-0.25, -0.2) is 0 Å². The van der Waals surface area contributed by atoms with Crippen molar-refractivity contribution in [1.29, 1.82) is 0 Å². The Hall–Kier alpha value is -0.840. The number of hydrogen-bond acceptors (Lipinski definition) is 2. The largest absolute Gasteiger partial charge is 0.334 e. The van der Waals surface area contributed by atoms with Crippen LogP contribution < -0.4 is 0 Å². The van der Waals surface area contributed by atoms with Crippen molar-refractivity contribution in [3.8, 4) is 0 Å². The van der Waals surface area contributed by atoms with E-state index < -0.39 is 0 Å². The maximum Gasteiger partial charge on any atom is 0.257 e. The Kier molecular flexibility index (Phi) is 3.33. The summed E-state index contributed by atoms with van der Waals surface area (Å²) in [5.74, 6) is 0.668. The lowest BCUT2D eigenvalue weighted by Crippen LogP contribution is -2.38. The summed E-state index contributed by atoms with van der Waals surface area (Å²) in [6.07, 6.45) is 4.50. The molecular weight excluding hydrogens is 270 g/mol. The molecule has 1 aliphatic rings. The number of aryl methyl sites for hydroxylation is 1. The lowest BCUT2D eigenvalue weighted by molar-refractivity contribution is 0.0738. The van der Waals surface area contributed by atoms with Gasteiger partial charge >= 0.3 is 0 Å². The van der Waals surface area contributed by atoms with E-state index in [1.54, 1.807) is 17.1 Å². The molecule has 1 aromatic rings. The second kappa shape index (κ2) is 4.57. The summed E-state index contributed by atoms with van der Waals surface area (Å²) in [5, 5.41) is 4.88. The van der Waals surface area contributed by atoms with Gasteiger partial charge in [-0.2, -0.15) is 5.10 Å². The van der Waals surface area contributed by atoms with Gasteiger partial charge in [0.15, 0.2) is 0 Å². The predicted octanol–water partition coefficient (Wildman–Crippen LogP) is 1.67. The highest BCUT2D eigenvalue weighted by atomic mass is 79.9. The summed E-state index contributed by atoms with van der Waals surface area (Å²) in [6, 6.07) is 0.313. The average molecular weight is 286 g/mol. The van der Waals surface area contributed by atoms with Gasteiger partial charge in [-0.05, 0) is 12.3 Å². The lowest BCUT2D eigenvalue weighted by atomic mass is 10.1. The Labute approximate surface area is 104 Å². The molecule has 88 valence electrons. The van der Waals surface area contributed by atoms with Gasteiger partial charge in [0.25, 0.3) is 5.91 Å². The van der Waals surface area contributed by atoms with Crippen LogP contribution in [0.25, 0.3) is 0 Å². The second-order valence-corrected chi connectivity index (χ2v) is 5.04. The molecule has 2 unspecified atom stereocenters. The molecule has 4 nitrogen and oxygen atoms in total. The Morgan fingerprint density at radius 1 is 1.69 bits per heavy atom. The predicted molar refractivity (Wildman–Crippen MR) is 65.6 cm³/mol. The molecule has 0 spiro atoms. The van der Waals surface area contributed by atoms with E-state index in [9.17, 15) is 4.79 Å². The number of halogens is 1. The summed E-state index contributed by atoms with van der Waals surface area (Å²) in [6.45, 7) is 3.05. The van der Waals surface area contributed by atoms with Crippen molar-refractivity contribution in [3.05, 3.63) is 18.0 Å². The molecule has 0 bridgehead atoms. The molecule has 0 aromatic carbocycles. The van der Waals surface area contributed by atoms with Crippen molar-refractivity contribution in [2.24, 2.45) is 13.0 Å². The van der Waals surface area contributed by atoms with Crippen LogP contribution >= 0.6 is 15.9 Å². The highest BCUT2D eigenvalue weighted by Crippen LogP contribution is 2.26. The number of carbonyl (C=O) groups excluding carboxylic acids is 1. The van der Waals surface area contributed by atoms with Gasteiger partial charge in [0.2, 0.25) is 0 Å². The molecule has 0 aliphatic carbocycles. The van der Waals surface area contributed by atoms with E-state index in [2.05, 4.69) is 28.0 Å². The summed E-state index contributed by atoms with van der Waals surface area (Å²) in [5.41, 5.74) is 0.683. The summed E-state index contributed by atoms with van der Waals surface area (Å²) in [7, 11) is 1.82. The monoisotopic (exact) mass is 285 g/mol. The van der Waals surface area contributed by atoms with Gasteiger partial charge < -0.3 is 4.90 Å². The number of aromatic nitrogens is 2. The first-order chi connectivity index (χ1) is 7.63. The fourth-order valence-corrected chi connectivity index (χ4v) is 3.18. The number of amides is 1. The number of hydrogen-bond donors (Lipinski definition) is 0. The van der Waals surface area contributed by atoms with Crippen molar-refractivity contribution in [2.45, 2.75) is 19.4 Å². The van der Waals surface area contributed by atoms with E-state index in [1.807, 2.05) is 11.9 Å². The van der Waals surface area contributed by atoms with Crippen LogP contribution in [0.2, 0.25) is 0 Å². The van der Waals surface area contributed by atoms with Crippen molar-refractivity contribution >= 4 is 21.8 Å². The molecule has 0 saturated carbocycles. The summed E-state index contributed by atoms with van der Waals surface area (Å²) >= 11 is 3.49. The van der Waals surface area contributed by atoms with Crippen LogP contribution in [0, 0.1) is 5.92 Å². The van der Waals surface area contributed by atoms with Gasteiger partial charge in [-0.15, -0.1) is 0 Å². The minimum Gasteiger partial charge on any atom is -0.334 e. The molecule has 2 rings (SSSR count). The van der Waals surface area contributed by atoms with Crippen molar-refractivity contribution < 1.29 is 4.79 Å². The van der Waals surface area contributed by atoms with Crippen LogP contribution in [-0.2, 0) is 7.05 Å². The van der Waals surface area contributed by atoms with E-state index in [0.29, 0.717) is 17.5 Å². The molecule has 1 amide bonds. The van der Waals surface area contributed by atoms with Crippen LogP contribution in [0.3, 0.4) is 0 Å². The molecule has 2 atom stereocenters. The maximum atomic E-state index is 12.2. The van der Waals surface area contributed by atoms with Crippen molar-refractivity contribution in [3.63, 3.8) is 0 Å². The van der Waals surface area contributed by atoms with Crippen LogP contribution in [0.1, 0.15) is 23.7 Å². The summed E-state index contributed by atoms with van der Waals surface area (Å²) in [4.78, 5) is 14.2. The molecule has 0 N–H and O–H groups in total. The van der Waals surface area contributed by atoms with Gasteiger partial charge in [0, 0.05) is 31.2 Å². The Bertz CT molecular complexity index is 390. The van der Waals surface area contributed by atoms with Gasteiger partial charge in [-0.1, -0.05) is 22.9 Å². The topological polar surface area (TPSA) is 38.1 Å². The number of alkyl halides is 1. The van der Waals surface area contributed by atoms with E-state index in [4.69, 9.17) is 0 Å². The highest BCUT2D eigenvalue weighted by Gasteiger charge is 2.34. The Balaban J connectivity index is 2.16. The van der Waals surface area contributed by atoms with Gasteiger partial charge in [0.05, 0.1) is 11.8 Å². The molecular formula is C11H16BrN3O. The summed E-state index contributed by atoms with van der Waals surface area (Å²) < 4.78 is 1.66. The minimum absolute atomic E-state index is 0.0990. The van der Waals surface area contributed by atoms with Crippen molar-refractivity contribution in [2.75, 3.05) is 11.9 Å². The van der Waals surface area contributed by atoms with Crippen molar-refractivity contribution in [1.82, 2.24) is 14.7 Å². The van der Waals surface area contributed by atoms with E-state index in [0.717, 1.165) is 18.3 Å². The van der Waals surface area contributed by atoms with Gasteiger partial charge in [-0.3, -0.25) is 9.48 Å². The lowest BCUT2D eigenvalue weighted by Gasteiger charge is -2.24. The van der Waals surface area contributed by atoms with Crippen LogP contribution in [0.15, 0.2) is 12.4 Å². The van der Waals surface area contributed by atoms with Crippen LogP contribution in [-0.4, -0.2) is 38.5 Å². The molecule has 1 aromatic heterocycles. The quantitative estimate of drug-likeness (QED) is 0.776. The molecule has 0 radical (unpaired) electrons. The third-order valence-corrected chi connectivity index (χ3v) is 3.92. The third-order valence-electron chi connectivity index (χ3n) is 3.25. The van der Waals surface area contributed by atoms with E-state index in [1.165, 1.54) is 0 Å². The zero-order chi connectivity index (χ0) is 11.7. The first kappa shape index (κ1) is 11.6. The molecule has 1 fully saturated rings. The zero-order valence-corrected chi connectivity index (χ0v) is 11.1. The number of rotatable bonds is 2. The first-order valence-corrected chi connectivity index (χ1v) is 6.61. The van der Waals surface area contributed by atoms with Crippen LogP contribution in [0.4, 0.5) is 0 Å². The fraction of sp³-hybridized carbons (Fsp3) is 0.636. The van der Waals surface area contributed by atoms with E-state index >= 15 is 0 Å². The minimum atomic E-state index is 0.0990. The Morgan fingerprint density at radius 2 is 2.44 bits per heavy atom. The third kappa shape index (κ3) is 2.00. The normalized spacial score (nSPS) is 25.1. The first-order valence-electron chi connectivity index (χ1n) is 5.49. The molecule has 1 saturated heterocycles. The average Bonchev–Trinajstić information content (AvgIpc) is 2.83. The fourth-order valence-electron chi connectivity index (χ4n) is 2.19. The molecule has 16 heavy (non-hydrogen) atoms.